The molecule has 276 valence electrons. The molecule has 5 aliphatic rings. The van der Waals surface area contributed by atoms with Crippen LogP contribution in [0, 0.1) is 28.6 Å². The van der Waals surface area contributed by atoms with E-state index in [1.807, 2.05) is 27.7 Å². The largest absolute Gasteiger partial charge is 0.347 e. The zero-order valence-corrected chi connectivity index (χ0v) is 31.8. The normalized spacial score (nSPS) is 30.8. The number of Topliss-reactive ketones (excluding diaryl/α,β-unsaturated/α-hetero) is 1. The molecule has 4 aliphatic carbocycles. The third-order valence-corrected chi connectivity index (χ3v) is 15.0. The predicted octanol–water partition coefficient (Wildman–Crippen LogP) is 3.23. The summed E-state index contributed by atoms with van der Waals surface area (Å²) < 4.78 is 25.6. The highest BCUT2D eigenvalue weighted by atomic mass is 32.2. The van der Waals surface area contributed by atoms with Gasteiger partial charge < -0.3 is 26.2 Å². The minimum atomic E-state index is -3.56. The molecule has 1 heterocycles. The number of urea groups is 1. The molecule has 1 saturated heterocycles. The van der Waals surface area contributed by atoms with Gasteiger partial charge in [0.15, 0.2) is 9.84 Å². The summed E-state index contributed by atoms with van der Waals surface area (Å²) in [4.78, 5) is 70.3. The number of piperidine rings is 1. The molecule has 0 spiro atoms. The first kappa shape index (κ1) is 37.6. The molecule has 5 amide bonds. The summed E-state index contributed by atoms with van der Waals surface area (Å²) in [6.45, 7) is 16.9. The molecule has 4 saturated carbocycles. The van der Waals surface area contributed by atoms with Gasteiger partial charge in [-0.15, -0.1) is 0 Å². The number of hydrogen-bond donors (Lipinski definition) is 4. The molecular weight excluding hydrogens is 646 g/mol. The number of likely N-dealkylation sites (tertiary alicyclic amines) is 1. The van der Waals surface area contributed by atoms with Gasteiger partial charge in [-0.3, -0.25) is 19.2 Å². The van der Waals surface area contributed by atoms with E-state index in [1.165, 1.54) is 0 Å². The topological polar surface area (TPSA) is 171 Å². The summed E-state index contributed by atoms with van der Waals surface area (Å²) >= 11 is 0. The Hall–Kier alpha value is -2.70. The van der Waals surface area contributed by atoms with Gasteiger partial charge in [-0.2, -0.15) is 0 Å². The first-order valence-electron chi connectivity index (χ1n) is 18.3. The molecule has 1 aliphatic heterocycles. The monoisotopic (exact) mass is 705 g/mol. The Kier molecular flexibility index (Phi) is 9.59. The summed E-state index contributed by atoms with van der Waals surface area (Å²) in [6, 6.07) is -2.49. The van der Waals surface area contributed by atoms with Crippen LogP contribution < -0.4 is 21.3 Å². The van der Waals surface area contributed by atoms with Crippen LogP contribution in [0.25, 0.3) is 0 Å². The predicted molar refractivity (Wildman–Crippen MR) is 186 cm³/mol. The molecular formula is C36H59N5O7S. The molecule has 13 heteroatoms. The summed E-state index contributed by atoms with van der Waals surface area (Å²) in [5, 5.41) is 11.6. The first-order valence-corrected chi connectivity index (χ1v) is 19.9. The van der Waals surface area contributed by atoms with E-state index in [4.69, 9.17) is 0 Å². The molecule has 0 unspecified atom stereocenters. The Labute approximate surface area is 292 Å². The number of ketones is 1. The fourth-order valence-corrected chi connectivity index (χ4v) is 9.96. The molecule has 0 aromatic carbocycles. The van der Waals surface area contributed by atoms with Crippen LogP contribution in [0.3, 0.4) is 0 Å². The molecule has 4 N–H and O–H groups in total. The van der Waals surface area contributed by atoms with Crippen molar-refractivity contribution in [2.45, 2.75) is 154 Å². The third-order valence-electron chi connectivity index (χ3n) is 12.2. The Morgan fingerprint density at radius 1 is 0.918 bits per heavy atom. The number of carbonyl (C=O) groups is 5. The van der Waals surface area contributed by atoms with Crippen molar-refractivity contribution < 1.29 is 32.4 Å². The number of hydrogen-bond acceptors (Lipinski definition) is 7. The smallest absolute Gasteiger partial charge is 0.315 e. The second-order valence-corrected chi connectivity index (χ2v) is 21.1. The van der Waals surface area contributed by atoms with E-state index in [9.17, 15) is 32.4 Å². The highest BCUT2D eigenvalue weighted by molar-refractivity contribution is 7.92. The van der Waals surface area contributed by atoms with Crippen molar-refractivity contribution in [1.29, 1.82) is 0 Å². The summed E-state index contributed by atoms with van der Waals surface area (Å²) in [5.41, 5.74) is -3.17. The molecule has 0 aromatic rings. The van der Waals surface area contributed by atoms with Gasteiger partial charge in [0.05, 0.1) is 16.0 Å². The third kappa shape index (κ3) is 7.24. The number of sulfone groups is 1. The lowest BCUT2D eigenvalue weighted by atomic mass is 9.83. The van der Waals surface area contributed by atoms with Gasteiger partial charge >= 0.3 is 6.03 Å². The molecule has 0 radical (unpaired) electrons. The maximum absolute atomic E-state index is 14.5. The highest BCUT2D eigenvalue weighted by Crippen LogP contribution is 2.65. The minimum absolute atomic E-state index is 0.00825. The lowest BCUT2D eigenvalue weighted by Crippen LogP contribution is -2.64. The fraction of sp³-hybridized carbons (Fsp3) is 0.861. The van der Waals surface area contributed by atoms with E-state index in [0.717, 1.165) is 32.1 Å². The highest BCUT2D eigenvalue weighted by Gasteiger charge is 2.71. The maximum Gasteiger partial charge on any atom is 0.315 e. The van der Waals surface area contributed by atoms with Crippen LogP contribution in [0.15, 0.2) is 0 Å². The van der Waals surface area contributed by atoms with Crippen molar-refractivity contribution in [2.24, 2.45) is 28.6 Å². The zero-order chi connectivity index (χ0) is 36.5. The average molecular weight is 706 g/mol. The van der Waals surface area contributed by atoms with Crippen molar-refractivity contribution in [2.75, 3.05) is 12.3 Å². The molecule has 5 fully saturated rings. The Morgan fingerprint density at radius 3 is 2.04 bits per heavy atom. The molecule has 0 aromatic heterocycles. The van der Waals surface area contributed by atoms with Crippen LogP contribution in [0.4, 0.5) is 4.79 Å². The molecule has 12 nitrogen and oxygen atoms in total. The molecule has 49 heavy (non-hydrogen) atoms. The lowest BCUT2D eigenvalue weighted by Gasteiger charge is -2.41. The van der Waals surface area contributed by atoms with E-state index in [2.05, 4.69) is 35.1 Å². The summed E-state index contributed by atoms with van der Waals surface area (Å²) in [7, 11) is -3.56. The van der Waals surface area contributed by atoms with Crippen LogP contribution in [0.1, 0.15) is 120 Å². The second-order valence-electron chi connectivity index (χ2n) is 18.3. The van der Waals surface area contributed by atoms with Crippen LogP contribution in [0.2, 0.25) is 0 Å². The van der Waals surface area contributed by atoms with Gasteiger partial charge in [0.2, 0.25) is 17.6 Å². The Morgan fingerprint density at radius 2 is 1.53 bits per heavy atom. The second kappa shape index (κ2) is 12.5. The van der Waals surface area contributed by atoms with Gasteiger partial charge in [-0.05, 0) is 81.5 Å². The van der Waals surface area contributed by atoms with Crippen molar-refractivity contribution in [3.8, 4) is 0 Å². The molecule has 5 rings (SSSR count). The number of nitrogens with zero attached hydrogens (tertiary/aromatic N) is 1. The van der Waals surface area contributed by atoms with Crippen molar-refractivity contribution >= 4 is 39.4 Å². The Balaban J connectivity index is 1.35. The number of fused-ring (bicyclic) bond motifs is 1. The van der Waals surface area contributed by atoms with E-state index >= 15 is 0 Å². The van der Waals surface area contributed by atoms with Crippen molar-refractivity contribution in [3.05, 3.63) is 0 Å². The number of rotatable bonds is 11. The average Bonchev–Trinajstić information content (AvgIpc) is 3.93. The molecule has 6 atom stereocenters. The van der Waals surface area contributed by atoms with E-state index in [1.54, 1.807) is 25.7 Å². The van der Waals surface area contributed by atoms with Crippen LogP contribution in [0.5, 0.6) is 0 Å². The van der Waals surface area contributed by atoms with Crippen LogP contribution in [-0.4, -0.2) is 89.1 Å². The fourth-order valence-electron chi connectivity index (χ4n) is 8.44. The van der Waals surface area contributed by atoms with Crippen molar-refractivity contribution in [1.82, 2.24) is 26.2 Å². The SMILES string of the molecule is CC[C@@H]1C[C@@]1(NC(=O)[C@@H]1[C@@H]2[C@H](CN1C(=O)[C@H](NC(=O)NC1(CS(=O)(=O)C(C)(C)C)CCCCC1)C(C)(C)C)C2(C)C)C(=O)C(=O)NC1CC1. The molecule has 0 bridgehead atoms. The minimum Gasteiger partial charge on any atom is -0.347 e. The number of carbonyl (C=O) groups excluding carboxylic acids is 5. The van der Waals surface area contributed by atoms with Gasteiger partial charge in [-0.25, -0.2) is 13.2 Å². The van der Waals surface area contributed by atoms with E-state index < -0.39 is 72.7 Å². The standard InChI is InChI=1S/C36H59N5O7S/c1-10-21-18-36(21,27(42)29(44)37-22-14-15-22)39-28(43)25-24-23(34(24,8)9)19-41(25)30(45)26(32(2,3)4)38-31(46)40-35(16-12-11-13-17-35)20-49(47,48)33(5,6)7/h21-26H,10-20H2,1-9H3,(H,37,44)(H,39,43)(H2,38,40,46)/t21-,23+,24+,25+,26+,36+/m1/s1. The first-order chi connectivity index (χ1) is 22.5. The number of nitrogens with one attached hydrogen (secondary N) is 4. The van der Waals surface area contributed by atoms with E-state index in [-0.39, 0.29) is 35.0 Å². The van der Waals surface area contributed by atoms with Gasteiger partial charge in [0.1, 0.15) is 17.6 Å². The van der Waals surface area contributed by atoms with Crippen LogP contribution >= 0.6 is 0 Å². The van der Waals surface area contributed by atoms with Gasteiger partial charge in [0, 0.05) is 12.6 Å². The van der Waals surface area contributed by atoms with Gasteiger partial charge in [0.25, 0.3) is 5.91 Å². The Bertz CT molecular complexity index is 1490. The quantitative estimate of drug-likeness (QED) is 0.239. The lowest BCUT2D eigenvalue weighted by molar-refractivity contribution is -0.146. The maximum atomic E-state index is 14.5. The number of amides is 5. The van der Waals surface area contributed by atoms with Gasteiger partial charge in [-0.1, -0.05) is 67.2 Å². The van der Waals surface area contributed by atoms with Crippen LogP contribution in [-0.2, 0) is 29.0 Å². The summed E-state index contributed by atoms with van der Waals surface area (Å²) in [5.74, 6) is -2.55. The van der Waals surface area contributed by atoms with E-state index in [0.29, 0.717) is 32.2 Å². The zero-order valence-electron chi connectivity index (χ0n) is 31.0. The van der Waals surface area contributed by atoms with Crippen molar-refractivity contribution in [3.63, 3.8) is 0 Å². The summed E-state index contributed by atoms with van der Waals surface area (Å²) in [6.07, 6.45) is 6.25.